The maximum atomic E-state index is 5.29. The fourth-order valence-electron chi connectivity index (χ4n) is 1.47. The summed E-state index contributed by atoms with van der Waals surface area (Å²) < 4.78 is 1.41. The van der Waals surface area contributed by atoms with Gasteiger partial charge in [0.15, 0.2) is 0 Å². The van der Waals surface area contributed by atoms with Crippen molar-refractivity contribution in [1.29, 1.82) is 0 Å². The first-order valence-corrected chi connectivity index (χ1v) is 8.21. The zero-order valence-corrected chi connectivity index (χ0v) is 15.0. The van der Waals surface area contributed by atoms with Crippen molar-refractivity contribution in [2.45, 2.75) is 47.5 Å². The second-order valence-corrected chi connectivity index (χ2v) is 5.06. The Morgan fingerprint density at radius 2 is 1.65 bits per heavy atom. The summed E-state index contributed by atoms with van der Waals surface area (Å²) in [5, 5.41) is 0. The summed E-state index contributed by atoms with van der Waals surface area (Å²) in [5.41, 5.74) is 0. The Morgan fingerprint density at radius 3 is 2.06 bits per heavy atom. The van der Waals surface area contributed by atoms with Crippen LogP contribution in [0.2, 0.25) is 0 Å². The molecule has 100 valence electrons. The molecule has 0 aromatic rings. The number of hydrogen-bond acceptors (Lipinski definition) is 1. The molecule has 0 unspecified atom stereocenters. The molecule has 0 N–H and O–H groups in total. The van der Waals surface area contributed by atoms with Crippen molar-refractivity contribution in [3.8, 4) is 0 Å². The van der Waals surface area contributed by atoms with E-state index in [0.29, 0.717) is 0 Å². The molecule has 0 radical (unpaired) electrons. The van der Waals surface area contributed by atoms with E-state index >= 15 is 0 Å². The van der Waals surface area contributed by atoms with Crippen LogP contribution in [0.4, 0.5) is 0 Å². The predicted molar refractivity (Wildman–Crippen MR) is 75.7 cm³/mol. The molecule has 0 saturated carbocycles. The number of rotatable bonds is 3. The van der Waals surface area contributed by atoms with Crippen LogP contribution in [-0.2, 0) is 19.4 Å². The molecule has 17 heavy (non-hydrogen) atoms. The Kier molecular flexibility index (Phi) is 16.0. The average molecular weight is 406 g/mol. The van der Waals surface area contributed by atoms with E-state index in [1.165, 1.54) is 49.3 Å². The zero-order valence-electron chi connectivity index (χ0n) is 12.1. The van der Waals surface area contributed by atoms with E-state index in [-0.39, 0.29) is 0 Å². The molecule has 0 aliphatic carbocycles. The van der Waals surface area contributed by atoms with Crippen LogP contribution in [0, 0.1) is 12.5 Å². The quantitative estimate of drug-likeness (QED) is 0.506. The third-order valence-electron chi connectivity index (χ3n) is 2.45. The van der Waals surface area contributed by atoms with Gasteiger partial charge in [-0.25, -0.2) is 0 Å². The van der Waals surface area contributed by atoms with E-state index < -0.39 is 0 Å². The Labute approximate surface area is 119 Å². The molecule has 1 saturated heterocycles. The molecule has 0 aromatic heterocycles. The van der Waals surface area contributed by atoms with Crippen LogP contribution in [0.3, 0.4) is 0 Å². The minimum atomic E-state index is 0.907. The fraction of sp³-hybridized carbons (Fsp3) is 0.667. The summed E-state index contributed by atoms with van der Waals surface area (Å²) >= 11 is 1.53. The normalized spacial score (nSPS) is 16.5. The summed E-state index contributed by atoms with van der Waals surface area (Å²) in [6, 6.07) is 0. The van der Waals surface area contributed by atoms with Crippen LogP contribution < -0.4 is 0 Å². The molecular weight excluding hydrogens is 378 g/mol. The second-order valence-electron chi connectivity index (χ2n) is 3.56. The summed E-state index contributed by atoms with van der Waals surface area (Å²) in [5.74, 6) is 0.907. The topological polar surface area (TPSA) is 3.24 Å². The van der Waals surface area contributed by atoms with E-state index in [1.807, 2.05) is 33.8 Å². The van der Waals surface area contributed by atoms with Crippen molar-refractivity contribution >= 4 is 4.02 Å². The summed E-state index contributed by atoms with van der Waals surface area (Å²) in [7, 11) is 0. The van der Waals surface area contributed by atoms with Gasteiger partial charge in [-0.3, -0.25) is 0 Å². The van der Waals surface area contributed by atoms with E-state index in [9.17, 15) is 0 Å². The average Bonchev–Trinajstić information content (AvgIpc) is 2.41. The Bertz CT molecular complexity index is 213. The van der Waals surface area contributed by atoms with Gasteiger partial charge in [0.25, 0.3) is 0 Å². The van der Waals surface area contributed by atoms with Gasteiger partial charge in [0, 0.05) is 0 Å². The van der Waals surface area contributed by atoms with E-state index in [4.69, 9.17) is 6.58 Å². The van der Waals surface area contributed by atoms with Gasteiger partial charge in [-0.2, -0.15) is 0 Å². The maximum absolute atomic E-state index is 5.29. The standard InChI is InChI=1S/C11H16N.2C2H6.W/c1-3-4-5-8-12-9-6-11(2)7-10-12;2*1-2;/h1,3-5,11H,6-7,9-10H2,2H3;2*1-2H3;/q-1;;;/b5-4-;;;. The van der Waals surface area contributed by atoms with Gasteiger partial charge in [-0.15, -0.1) is 0 Å². The van der Waals surface area contributed by atoms with Crippen LogP contribution in [-0.4, -0.2) is 22.0 Å². The first-order chi connectivity index (χ1) is 8.24. The molecular formula is C15H28NW-. The van der Waals surface area contributed by atoms with Gasteiger partial charge in [0.05, 0.1) is 0 Å². The first-order valence-electron chi connectivity index (χ1n) is 6.74. The molecule has 1 fully saturated rings. The van der Waals surface area contributed by atoms with Gasteiger partial charge < -0.3 is 0 Å². The van der Waals surface area contributed by atoms with Crippen molar-refractivity contribution < 1.29 is 19.4 Å². The molecule has 1 rings (SSSR count). The fourth-order valence-corrected chi connectivity index (χ4v) is 2.41. The molecule has 1 aliphatic rings. The van der Waals surface area contributed by atoms with Crippen LogP contribution in [0.5, 0.6) is 0 Å². The predicted octanol–water partition coefficient (Wildman–Crippen LogP) is 3.99. The summed E-state index contributed by atoms with van der Waals surface area (Å²) in [6.07, 6.45) is 8.29. The van der Waals surface area contributed by atoms with Crippen molar-refractivity contribution in [1.82, 2.24) is 4.90 Å². The van der Waals surface area contributed by atoms with Crippen LogP contribution in [0.25, 0.3) is 0 Å². The van der Waals surface area contributed by atoms with Gasteiger partial charge in [0.2, 0.25) is 0 Å². The van der Waals surface area contributed by atoms with Crippen molar-refractivity contribution in [2.75, 3.05) is 13.1 Å². The Balaban J connectivity index is 0. The van der Waals surface area contributed by atoms with Gasteiger partial charge in [-0.05, 0) is 0 Å². The second kappa shape index (κ2) is 14.1. The van der Waals surface area contributed by atoms with Gasteiger partial charge >= 0.3 is 91.9 Å². The zero-order chi connectivity index (χ0) is 13.7. The van der Waals surface area contributed by atoms with Crippen molar-refractivity contribution in [2.24, 2.45) is 5.92 Å². The summed E-state index contributed by atoms with van der Waals surface area (Å²) in [6.45, 7) is 18.1. The molecule has 0 amide bonds. The monoisotopic (exact) mass is 406 g/mol. The summed E-state index contributed by atoms with van der Waals surface area (Å²) in [4.78, 5) is 2.47. The molecule has 2 heteroatoms. The number of nitrogens with zero attached hydrogens (tertiary/aromatic N) is 1. The van der Waals surface area contributed by atoms with E-state index in [1.54, 1.807) is 6.08 Å². The van der Waals surface area contributed by atoms with Crippen LogP contribution >= 0.6 is 0 Å². The number of hydrogen-bond donors (Lipinski definition) is 0. The van der Waals surface area contributed by atoms with E-state index in [0.717, 1.165) is 5.92 Å². The first kappa shape index (κ1) is 19.3. The molecule has 0 bridgehead atoms. The van der Waals surface area contributed by atoms with Crippen LogP contribution in [0.15, 0.2) is 18.2 Å². The third kappa shape index (κ3) is 9.68. The Morgan fingerprint density at radius 1 is 1.18 bits per heavy atom. The van der Waals surface area contributed by atoms with Gasteiger partial charge in [0.1, 0.15) is 0 Å². The minimum absolute atomic E-state index is 0.907. The van der Waals surface area contributed by atoms with Crippen molar-refractivity contribution in [3.05, 3.63) is 24.8 Å². The molecule has 0 atom stereocenters. The number of allylic oxidation sites excluding steroid dienone is 2. The molecule has 0 spiro atoms. The van der Waals surface area contributed by atoms with E-state index in [2.05, 4.69) is 17.9 Å². The molecule has 1 aliphatic heterocycles. The molecule has 0 aromatic carbocycles. The van der Waals surface area contributed by atoms with Crippen LogP contribution in [0.1, 0.15) is 47.5 Å². The SMILES string of the molecule is CC.CC.[CH-]=C/C=C\[C](=[W])N1CCC(C)CC1. The van der Waals surface area contributed by atoms with Gasteiger partial charge in [-0.1, -0.05) is 27.7 Å². The molecule has 1 nitrogen and oxygen atoms in total. The third-order valence-corrected chi connectivity index (χ3v) is 3.86. The number of piperidine rings is 1. The van der Waals surface area contributed by atoms with Crippen molar-refractivity contribution in [3.63, 3.8) is 0 Å². The molecule has 1 heterocycles. The Hall–Kier alpha value is -0.00169. The number of likely N-dealkylation sites (tertiary alicyclic amines) is 1.